The minimum atomic E-state index is 0.468. The Hall–Kier alpha value is -3.94. The number of nitrogens with zero attached hydrogens (tertiary/aromatic N) is 3. The molecule has 1 aliphatic carbocycles. The number of nitrogen functional groups attached to an aromatic ring is 1. The zero-order chi connectivity index (χ0) is 20.4. The Balaban J connectivity index is 1.56. The monoisotopic (exact) mass is 386 g/mol. The maximum Gasteiger partial charge on any atom is 0.229 e. The number of H-pyrrole nitrogens is 1. The minimum Gasteiger partial charge on any atom is -0.398 e. The Morgan fingerprint density at radius 1 is 1.17 bits per heavy atom. The van der Waals surface area contributed by atoms with E-state index in [4.69, 9.17) is 11.1 Å². The van der Waals surface area contributed by atoms with Crippen LogP contribution in [0.5, 0.6) is 0 Å². The van der Waals surface area contributed by atoms with Gasteiger partial charge in [-0.1, -0.05) is 6.08 Å². The average Bonchev–Trinajstić information content (AvgIpc) is 3.09. The fourth-order valence-corrected chi connectivity index (χ4v) is 3.08. The molecule has 8 heteroatoms. The SMILES string of the molecule is Cc1cnc(Nc2ccc(C=N)c(N)c2C)nc1NC1=CCc2[nH]ncc2C=C1. The number of nitrogens with one attached hydrogen (secondary N) is 4. The van der Waals surface area contributed by atoms with Crippen molar-refractivity contribution < 1.29 is 0 Å². The number of benzene rings is 1. The first-order chi connectivity index (χ1) is 14.0. The van der Waals surface area contributed by atoms with E-state index in [-0.39, 0.29) is 0 Å². The standard InChI is InChI=1S/C21H22N8/c1-12-10-24-21(27-17-7-4-14(9-22)19(23)13(17)2)28-20(12)26-16-5-3-15-11-25-29-18(15)8-6-16/h3-7,9-11,22H,8,23H2,1-2H3,(H,25,29)(H2,24,26,27,28). The van der Waals surface area contributed by atoms with Crippen molar-refractivity contribution in [2.45, 2.75) is 20.3 Å². The van der Waals surface area contributed by atoms with Crippen molar-refractivity contribution in [3.05, 3.63) is 70.3 Å². The second kappa shape index (κ2) is 7.59. The molecule has 1 aromatic carbocycles. The maximum absolute atomic E-state index is 7.42. The highest BCUT2D eigenvalue weighted by atomic mass is 15.1. The number of rotatable bonds is 5. The molecule has 0 amide bonds. The lowest BCUT2D eigenvalue weighted by atomic mass is 10.1. The van der Waals surface area contributed by atoms with Crippen LogP contribution in [0.3, 0.4) is 0 Å². The van der Waals surface area contributed by atoms with Gasteiger partial charge in [-0.05, 0) is 43.7 Å². The number of aromatic nitrogens is 4. The van der Waals surface area contributed by atoms with Gasteiger partial charge in [0.1, 0.15) is 5.82 Å². The second-order valence-electron chi connectivity index (χ2n) is 6.86. The molecule has 2 aromatic heterocycles. The molecule has 1 aliphatic rings. The van der Waals surface area contributed by atoms with Crippen LogP contribution in [-0.2, 0) is 6.42 Å². The molecule has 0 bridgehead atoms. The molecular formula is C21H22N8. The van der Waals surface area contributed by atoms with Gasteiger partial charge in [0.15, 0.2) is 0 Å². The molecule has 0 radical (unpaired) electrons. The van der Waals surface area contributed by atoms with Gasteiger partial charge in [0, 0.05) is 58.3 Å². The summed E-state index contributed by atoms with van der Waals surface area (Å²) >= 11 is 0. The lowest BCUT2D eigenvalue weighted by molar-refractivity contribution is 1.01. The molecule has 4 rings (SSSR count). The highest BCUT2D eigenvalue weighted by molar-refractivity contribution is 5.88. The molecule has 3 aromatic rings. The van der Waals surface area contributed by atoms with E-state index < -0.39 is 0 Å². The van der Waals surface area contributed by atoms with Crippen molar-refractivity contribution in [2.24, 2.45) is 0 Å². The van der Waals surface area contributed by atoms with Crippen molar-refractivity contribution in [1.82, 2.24) is 20.2 Å². The Morgan fingerprint density at radius 3 is 2.86 bits per heavy atom. The van der Waals surface area contributed by atoms with E-state index >= 15 is 0 Å². The number of aryl methyl sites for hydroxylation is 1. The average molecular weight is 386 g/mol. The molecule has 0 saturated carbocycles. The molecule has 0 spiro atoms. The van der Waals surface area contributed by atoms with Gasteiger partial charge in [0.05, 0.1) is 6.20 Å². The van der Waals surface area contributed by atoms with E-state index in [2.05, 4.69) is 36.9 Å². The fraction of sp³-hybridized carbons (Fsp3) is 0.143. The Bertz CT molecular complexity index is 1140. The third kappa shape index (κ3) is 3.73. The van der Waals surface area contributed by atoms with Crippen LogP contribution in [0, 0.1) is 19.3 Å². The van der Waals surface area contributed by atoms with Crippen LogP contribution in [0.15, 0.2) is 42.4 Å². The summed E-state index contributed by atoms with van der Waals surface area (Å²) in [6, 6.07) is 3.68. The van der Waals surface area contributed by atoms with Crippen molar-refractivity contribution in [3.8, 4) is 0 Å². The molecule has 2 heterocycles. The largest absolute Gasteiger partial charge is 0.398 e. The van der Waals surface area contributed by atoms with Gasteiger partial charge < -0.3 is 21.8 Å². The van der Waals surface area contributed by atoms with Gasteiger partial charge in [-0.25, -0.2) is 4.98 Å². The van der Waals surface area contributed by atoms with Crippen LogP contribution in [-0.4, -0.2) is 26.4 Å². The smallest absolute Gasteiger partial charge is 0.229 e. The highest BCUT2D eigenvalue weighted by Gasteiger charge is 2.11. The summed E-state index contributed by atoms with van der Waals surface area (Å²) in [5.41, 5.74) is 13.1. The number of aromatic amines is 1. The van der Waals surface area contributed by atoms with Gasteiger partial charge >= 0.3 is 0 Å². The van der Waals surface area contributed by atoms with Gasteiger partial charge in [-0.15, -0.1) is 0 Å². The Morgan fingerprint density at radius 2 is 2.03 bits per heavy atom. The number of hydrogen-bond acceptors (Lipinski definition) is 7. The van der Waals surface area contributed by atoms with E-state index in [1.165, 1.54) is 6.21 Å². The molecule has 29 heavy (non-hydrogen) atoms. The van der Waals surface area contributed by atoms with Gasteiger partial charge in [0.2, 0.25) is 5.95 Å². The van der Waals surface area contributed by atoms with Crippen molar-refractivity contribution in [2.75, 3.05) is 16.4 Å². The molecule has 0 atom stereocenters. The van der Waals surface area contributed by atoms with E-state index in [1.807, 2.05) is 38.3 Å². The third-order valence-electron chi connectivity index (χ3n) is 4.91. The normalized spacial score (nSPS) is 12.7. The van der Waals surface area contributed by atoms with Gasteiger partial charge in [-0.3, -0.25) is 5.10 Å². The summed E-state index contributed by atoms with van der Waals surface area (Å²) in [5, 5.41) is 21.1. The number of nitrogens with two attached hydrogens (primary N) is 1. The summed E-state index contributed by atoms with van der Waals surface area (Å²) in [6.07, 6.45) is 11.7. The van der Waals surface area contributed by atoms with E-state index in [1.54, 1.807) is 12.3 Å². The second-order valence-corrected chi connectivity index (χ2v) is 6.86. The highest BCUT2D eigenvalue weighted by Crippen LogP contribution is 2.27. The Labute approximate surface area is 168 Å². The number of fused-ring (bicyclic) bond motifs is 1. The first-order valence-electron chi connectivity index (χ1n) is 9.23. The van der Waals surface area contributed by atoms with Gasteiger partial charge in [-0.2, -0.15) is 10.1 Å². The number of allylic oxidation sites excluding steroid dienone is 2. The zero-order valence-corrected chi connectivity index (χ0v) is 16.2. The lowest BCUT2D eigenvalue weighted by Gasteiger charge is -2.14. The third-order valence-corrected chi connectivity index (χ3v) is 4.91. The molecule has 0 unspecified atom stereocenters. The Kier molecular flexibility index (Phi) is 4.82. The van der Waals surface area contributed by atoms with Crippen LogP contribution in [0.25, 0.3) is 6.08 Å². The molecular weight excluding hydrogens is 364 g/mol. The topological polar surface area (TPSA) is 128 Å². The predicted octanol–water partition coefficient (Wildman–Crippen LogP) is 3.71. The van der Waals surface area contributed by atoms with Crippen molar-refractivity contribution >= 4 is 35.4 Å². The molecule has 8 nitrogen and oxygen atoms in total. The summed E-state index contributed by atoms with van der Waals surface area (Å²) in [4.78, 5) is 9.01. The van der Waals surface area contributed by atoms with E-state index in [0.29, 0.717) is 17.2 Å². The first-order valence-corrected chi connectivity index (χ1v) is 9.23. The van der Waals surface area contributed by atoms with Crippen LogP contribution >= 0.6 is 0 Å². The molecule has 6 N–H and O–H groups in total. The first kappa shape index (κ1) is 18.4. The predicted molar refractivity (Wildman–Crippen MR) is 117 cm³/mol. The number of hydrogen-bond donors (Lipinski definition) is 5. The zero-order valence-electron chi connectivity index (χ0n) is 16.2. The molecule has 0 fully saturated rings. The van der Waals surface area contributed by atoms with Crippen LogP contribution in [0.4, 0.5) is 23.1 Å². The van der Waals surface area contributed by atoms with E-state index in [0.717, 1.165) is 46.0 Å². The fourth-order valence-electron chi connectivity index (χ4n) is 3.08. The van der Waals surface area contributed by atoms with Crippen molar-refractivity contribution in [3.63, 3.8) is 0 Å². The maximum atomic E-state index is 7.42. The van der Waals surface area contributed by atoms with E-state index in [9.17, 15) is 0 Å². The molecule has 146 valence electrons. The van der Waals surface area contributed by atoms with Crippen LogP contribution in [0.1, 0.15) is 27.9 Å². The lowest BCUT2D eigenvalue weighted by Crippen LogP contribution is -2.07. The summed E-state index contributed by atoms with van der Waals surface area (Å²) in [5.74, 6) is 1.19. The summed E-state index contributed by atoms with van der Waals surface area (Å²) < 4.78 is 0. The molecule has 0 saturated heterocycles. The summed E-state index contributed by atoms with van der Waals surface area (Å²) in [6.45, 7) is 3.87. The quantitative estimate of drug-likeness (QED) is 0.336. The van der Waals surface area contributed by atoms with Crippen molar-refractivity contribution in [1.29, 1.82) is 5.41 Å². The van der Waals surface area contributed by atoms with Crippen LogP contribution < -0.4 is 16.4 Å². The number of anilines is 4. The van der Waals surface area contributed by atoms with Crippen LogP contribution in [0.2, 0.25) is 0 Å². The summed E-state index contributed by atoms with van der Waals surface area (Å²) in [7, 11) is 0. The minimum absolute atomic E-state index is 0.468. The van der Waals surface area contributed by atoms with Gasteiger partial charge in [0.25, 0.3) is 0 Å². The molecule has 0 aliphatic heterocycles.